The molecule has 3 nitrogen and oxygen atoms in total. The number of aliphatic hydroxyl groups is 1. The predicted molar refractivity (Wildman–Crippen MR) is 73.8 cm³/mol. The molecule has 1 amide bonds. The Labute approximate surface area is 114 Å². The molecule has 3 rings (SSSR count). The number of rotatable bonds is 1. The first-order chi connectivity index (χ1) is 9.25. The number of fused-ring (bicyclic) bond motifs is 1. The molecule has 1 heterocycles. The summed E-state index contributed by atoms with van der Waals surface area (Å²) in [6.45, 7) is 0.835. The van der Waals surface area contributed by atoms with Gasteiger partial charge in [-0.1, -0.05) is 18.2 Å². The highest BCUT2D eigenvalue weighted by atomic mass is 16.3. The van der Waals surface area contributed by atoms with Gasteiger partial charge in [-0.25, -0.2) is 0 Å². The largest absolute Gasteiger partial charge is 0.393 e. The standard InChI is InChI=1S/C16H21NO2/c18-14-9-8-12-7-4-10-17(15(12)11-14)16(19)13-5-2-1-3-6-13/h1-3,5-6,12,14-15,18H,4,7-11H2. The number of likely N-dealkylation sites (tertiary alicyclic amines) is 1. The quantitative estimate of drug-likeness (QED) is 0.841. The number of aliphatic hydroxyl groups excluding tert-OH is 1. The van der Waals surface area contributed by atoms with E-state index in [9.17, 15) is 9.90 Å². The lowest BCUT2D eigenvalue weighted by molar-refractivity contribution is 0.00569. The molecule has 3 atom stereocenters. The van der Waals surface area contributed by atoms with Crippen LogP contribution >= 0.6 is 0 Å². The van der Waals surface area contributed by atoms with Crippen LogP contribution in [0.1, 0.15) is 42.5 Å². The summed E-state index contributed by atoms with van der Waals surface area (Å²) in [7, 11) is 0. The van der Waals surface area contributed by atoms with Crippen molar-refractivity contribution in [1.29, 1.82) is 0 Å². The average Bonchev–Trinajstić information content (AvgIpc) is 2.47. The summed E-state index contributed by atoms with van der Waals surface area (Å²) in [5.74, 6) is 0.717. The molecule has 1 aliphatic heterocycles. The zero-order chi connectivity index (χ0) is 13.2. The molecule has 2 fully saturated rings. The molecule has 0 aromatic heterocycles. The third-order valence-corrected chi connectivity index (χ3v) is 4.58. The minimum atomic E-state index is -0.231. The molecule has 1 saturated heterocycles. The number of carbonyl (C=O) groups excluding carboxylic acids is 1. The van der Waals surface area contributed by atoms with Crippen LogP contribution in [0.4, 0.5) is 0 Å². The lowest BCUT2D eigenvalue weighted by Gasteiger charge is -2.45. The highest BCUT2D eigenvalue weighted by Crippen LogP contribution is 2.36. The summed E-state index contributed by atoms with van der Waals surface area (Å²) in [6.07, 6.45) is 4.78. The van der Waals surface area contributed by atoms with Gasteiger partial charge in [0.05, 0.1) is 6.10 Å². The Hall–Kier alpha value is -1.35. The van der Waals surface area contributed by atoms with E-state index in [-0.39, 0.29) is 18.1 Å². The number of hydrogen-bond donors (Lipinski definition) is 1. The molecule has 19 heavy (non-hydrogen) atoms. The fraction of sp³-hybridized carbons (Fsp3) is 0.562. The van der Waals surface area contributed by atoms with Crippen molar-refractivity contribution in [2.24, 2.45) is 5.92 Å². The second-order valence-corrected chi connectivity index (χ2v) is 5.80. The van der Waals surface area contributed by atoms with Gasteiger partial charge in [-0.05, 0) is 50.2 Å². The second-order valence-electron chi connectivity index (χ2n) is 5.80. The monoisotopic (exact) mass is 259 g/mol. The molecule has 2 aliphatic rings. The number of hydrogen-bond acceptors (Lipinski definition) is 2. The van der Waals surface area contributed by atoms with Crippen LogP contribution in [-0.2, 0) is 0 Å². The topological polar surface area (TPSA) is 40.5 Å². The van der Waals surface area contributed by atoms with E-state index in [0.717, 1.165) is 37.8 Å². The Kier molecular flexibility index (Phi) is 3.56. The van der Waals surface area contributed by atoms with Gasteiger partial charge in [-0.15, -0.1) is 0 Å². The fourth-order valence-electron chi connectivity index (χ4n) is 3.59. The van der Waals surface area contributed by atoms with Crippen LogP contribution in [0.5, 0.6) is 0 Å². The zero-order valence-electron chi connectivity index (χ0n) is 11.2. The highest BCUT2D eigenvalue weighted by Gasteiger charge is 2.38. The van der Waals surface area contributed by atoms with E-state index in [2.05, 4.69) is 0 Å². The molecule has 1 aliphatic carbocycles. The first kappa shape index (κ1) is 12.7. The predicted octanol–water partition coefficient (Wildman–Crippen LogP) is 2.45. The third kappa shape index (κ3) is 2.52. The van der Waals surface area contributed by atoms with Crippen molar-refractivity contribution in [3.63, 3.8) is 0 Å². The maximum atomic E-state index is 12.6. The summed E-state index contributed by atoms with van der Waals surface area (Å²) in [4.78, 5) is 14.6. The Morgan fingerprint density at radius 2 is 1.95 bits per heavy atom. The van der Waals surface area contributed by atoms with E-state index in [0.29, 0.717) is 5.92 Å². The van der Waals surface area contributed by atoms with Crippen molar-refractivity contribution in [3.05, 3.63) is 35.9 Å². The number of benzene rings is 1. The molecule has 1 saturated carbocycles. The molecule has 0 bridgehead atoms. The van der Waals surface area contributed by atoms with Crippen LogP contribution in [0, 0.1) is 5.92 Å². The van der Waals surface area contributed by atoms with E-state index in [1.54, 1.807) is 0 Å². The molecule has 3 unspecified atom stereocenters. The van der Waals surface area contributed by atoms with Crippen molar-refractivity contribution in [2.45, 2.75) is 44.2 Å². The molecule has 1 aromatic carbocycles. The maximum absolute atomic E-state index is 12.6. The van der Waals surface area contributed by atoms with Crippen molar-refractivity contribution in [1.82, 2.24) is 4.90 Å². The Bertz CT molecular complexity index is 445. The number of nitrogens with zero attached hydrogens (tertiary/aromatic N) is 1. The van der Waals surface area contributed by atoms with Crippen molar-refractivity contribution in [3.8, 4) is 0 Å². The summed E-state index contributed by atoms with van der Waals surface area (Å²) < 4.78 is 0. The first-order valence-electron chi connectivity index (χ1n) is 7.30. The number of carbonyl (C=O) groups is 1. The van der Waals surface area contributed by atoms with Crippen LogP contribution in [0.15, 0.2) is 30.3 Å². The third-order valence-electron chi connectivity index (χ3n) is 4.58. The van der Waals surface area contributed by atoms with Crippen molar-refractivity contribution in [2.75, 3.05) is 6.54 Å². The van der Waals surface area contributed by atoms with Gasteiger partial charge in [-0.2, -0.15) is 0 Å². The molecule has 0 radical (unpaired) electrons. The van der Waals surface area contributed by atoms with E-state index in [1.165, 1.54) is 6.42 Å². The average molecular weight is 259 g/mol. The van der Waals surface area contributed by atoms with Crippen molar-refractivity contribution >= 4 is 5.91 Å². The van der Waals surface area contributed by atoms with Crippen LogP contribution in [0.3, 0.4) is 0 Å². The molecule has 3 heteroatoms. The van der Waals surface area contributed by atoms with Crippen LogP contribution < -0.4 is 0 Å². The van der Waals surface area contributed by atoms with Crippen molar-refractivity contribution < 1.29 is 9.90 Å². The van der Waals surface area contributed by atoms with Gasteiger partial charge in [0.15, 0.2) is 0 Å². The van der Waals surface area contributed by atoms with Crippen LogP contribution in [0.25, 0.3) is 0 Å². The lowest BCUT2D eigenvalue weighted by atomic mass is 9.77. The molecule has 1 aromatic rings. The molecular weight excluding hydrogens is 238 g/mol. The van der Waals surface area contributed by atoms with E-state index < -0.39 is 0 Å². The zero-order valence-corrected chi connectivity index (χ0v) is 11.2. The van der Waals surface area contributed by atoms with Gasteiger partial charge in [0.2, 0.25) is 0 Å². The Morgan fingerprint density at radius 3 is 2.74 bits per heavy atom. The molecular formula is C16H21NO2. The van der Waals surface area contributed by atoms with Gasteiger partial charge < -0.3 is 10.0 Å². The Morgan fingerprint density at radius 1 is 1.16 bits per heavy atom. The molecule has 0 spiro atoms. The smallest absolute Gasteiger partial charge is 0.254 e. The number of amides is 1. The van der Waals surface area contributed by atoms with E-state index in [4.69, 9.17) is 0 Å². The number of piperidine rings is 1. The normalized spacial score (nSPS) is 30.8. The van der Waals surface area contributed by atoms with E-state index >= 15 is 0 Å². The van der Waals surface area contributed by atoms with Gasteiger partial charge in [-0.3, -0.25) is 4.79 Å². The van der Waals surface area contributed by atoms with Crippen LogP contribution in [0.2, 0.25) is 0 Å². The molecule has 1 N–H and O–H groups in total. The first-order valence-corrected chi connectivity index (χ1v) is 7.30. The summed E-state index contributed by atoms with van der Waals surface area (Å²) in [6, 6.07) is 9.75. The summed E-state index contributed by atoms with van der Waals surface area (Å²) >= 11 is 0. The Balaban J connectivity index is 1.80. The minimum Gasteiger partial charge on any atom is -0.393 e. The second kappa shape index (κ2) is 5.33. The maximum Gasteiger partial charge on any atom is 0.254 e. The summed E-state index contributed by atoms with van der Waals surface area (Å²) in [5.41, 5.74) is 0.767. The minimum absolute atomic E-state index is 0.129. The van der Waals surface area contributed by atoms with Gasteiger partial charge in [0, 0.05) is 18.2 Å². The van der Waals surface area contributed by atoms with Gasteiger partial charge in [0.1, 0.15) is 0 Å². The van der Waals surface area contributed by atoms with Gasteiger partial charge in [0.25, 0.3) is 5.91 Å². The molecule has 102 valence electrons. The highest BCUT2D eigenvalue weighted by molar-refractivity contribution is 5.94. The lowest BCUT2D eigenvalue weighted by Crippen LogP contribution is -2.51. The van der Waals surface area contributed by atoms with Crippen LogP contribution in [-0.4, -0.2) is 34.6 Å². The summed E-state index contributed by atoms with van der Waals surface area (Å²) in [5, 5.41) is 9.88. The SMILES string of the molecule is O=C(c1ccccc1)N1CCCC2CCC(O)CC21. The fourth-order valence-corrected chi connectivity index (χ4v) is 3.59. The van der Waals surface area contributed by atoms with E-state index in [1.807, 2.05) is 35.2 Å². The van der Waals surface area contributed by atoms with Gasteiger partial charge >= 0.3 is 0 Å².